The van der Waals surface area contributed by atoms with Crippen molar-refractivity contribution in [2.45, 2.75) is 0 Å². The van der Waals surface area contributed by atoms with E-state index in [1.807, 2.05) is 0 Å². The monoisotopic (exact) mass is 291 g/mol. The first-order valence-corrected chi connectivity index (χ1v) is 6.24. The van der Waals surface area contributed by atoms with Crippen LogP contribution < -0.4 is 0 Å². The molecule has 8 heteroatoms. The lowest BCUT2D eigenvalue weighted by Gasteiger charge is -1.94. The molecule has 0 amide bonds. The van der Waals surface area contributed by atoms with E-state index >= 15 is 0 Å². The zero-order valence-corrected chi connectivity index (χ0v) is 11.2. The van der Waals surface area contributed by atoms with Gasteiger partial charge in [-0.3, -0.25) is 10.1 Å². The van der Waals surface area contributed by atoms with E-state index in [-0.39, 0.29) is 5.69 Å². The highest BCUT2D eigenvalue weighted by Gasteiger charge is 2.08. The van der Waals surface area contributed by atoms with E-state index in [0.717, 1.165) is 4.88 Å². The van der Waals surface area contributed by atoms with Crippen LogP contribution in [0, 0.1) is 10.1 Å². The first-order valence-electron chi connectivity index (χ1n) is 5.43. The summed E-state index contributed by atoms with van der Waals surface area (Å²) in [6.07, 6.45) is 5.59. The number of carbonyl (C=O) groups is 1. The van der Waals surface area contributed by atoms with Gasteiger partial charge in [0.05, 0.1) is 22.6 Å². The Kier molecular flexibility index (Phi) is 4.16. The third kappa shape index (κ3) is 3.23. The van der Waals surface area contributed by atoms with Crippen LogP contribution in [0.2, 0.25) is 0 Å². The number of hydrogen-bond acceptors (Lipinski definition) is 7. The smallest absolute Gasteiger partial charge is 0.330 e. The van der Waals surface area contributed by atoms with E-state index in [1.54, 1.807) is 12.3 Å². The Morgan fingerprint density at radius 1 is 1.40 bits per heavy atom. The highest BCUT2D eigenvalue weighted by Crippen LogP contribution is 2.26. The van der Waals surface area contributed by atoms with Crippen molar-refractivity contribution in [1.29, 1.82) is 0 Å². The topological polar surface area (TPSA) is 95.2 Å². The number of ether oxygens (including phenoxy) is 1. The minimum absolute atomic E-state index is 0.0657. The fourth-order valence-corrected chi connectivity index (χ4v) is 2.13. The number of nitrogens with zero attached hydrogens (tertiary/aromatic N) is 3. The van der Waals surface area contributed by atoms with Crippen molar-refractivity contribution in [2.75, 3.05) is 7.11 Å². The van der Waals surface area contributed by atoms with Crippen LogP contribution in [0.4, 0.5) is 5.69 Å². The Balaban J connectivity index is 2.18. The lowest BCUT2D eigenvalue weighted by Crippen LogP contribution is -1.92. The number of methoxy groups -OCH3 is 1. The summed E-state index contributed by atoms with van der Waals surface area (Å²) >= 11 is 1.31. The highest BCUT2D eigenvalue weighted by atomic mass is 32.1. The van der Waals surface area contributed by atoms with Crippen LogP contribution in [0.1, 0.15) is 5.01 Å². The molecule has 0 saturated heterocycles. The van der Waals surface area contributed by atoms with E-state index in [1.165, 1.54) is 42.9 Å². The van der Waals surface area contributed by atoms with Gasteiger partial charge in [-0.25, -0.2) is 14.8 Å². The van der Waals surface area contributed by atoms with Crippen molar-refractivity contribution in [3.8, 4) is 10.6 Å². The molecule has 0 aliphatic heterocycles. The van der Waals surface area contributed by atoms with E-state index in [2.05, 4.69) is 14.7 Å². The number of rotatable bonds is 4. The average molecular weight is 291 g/mol. The molecule has 0 spiro atoms. The van der Waals surface area contributed by atoms with E-state index in [4.69, 9.17) is 0 Å². The summed E-state index contributed by atoms with van der Waals surface area (Å²) in [4.78, 5) is 29.9. The standard InChI is InChI=1S/C12H9N3O4S/c1-19-12(16)5-4-11-14-7-10(20-11)9-3-2-8(6-13-9)15(17)18/h2-7H,1H3. The summed E-state index contributed by atoms with van der Waals surface area (Å²) in [5, 5.41) is 11.1. The molecule has 0 aliphatic carbocycles. The quantitative estimate of drug-likeness (QED) is 0.371. The van der Waals surface area contributed by atoms with Crippen LogP contribution in [0.3, 0.4) is 0 Å². The van der Waals surface area contributed by atoms with Gasteiger partial charge >= 0.3 is 5.97 Å². The SMILES string of the molecule is COC(=O)C=Cc1ncc(-c2ccc([N+](=O)[O-])cn2)s1. The molecule has 0 fully saturated rings. The zero-order chi connectivity index (χ0) is 14.5. The van der Waals surface area contributed by atoms with Crippen molar-refractivity contribution in [3.05, 3.63) is 45.7 Å². The fourth-order valence-electron chi connectivity index (χ4n) is 1.33. The molecule has 0 bridgehead atoms. The van der Waals surface area contributed by atoms with Crippen molar-refractivity contribution in [3.63, 3.8) is 0 Å². The van der Waals surface area contributed by atoms with Gasteiger partial charge in [0, 0.05) is 18.3 Å². The molecule has 0 radical (unpaired) electrons. The second-order valence-corrected chi connectivity index (χ2v) is 4.64. The molecule has 0 aliphatic rings. The first-order chi connectivity index (χ1) is 9.60. The lowest BCUT2D eigenvalue weighted by atomic mass is 10.3. The van der Waals surface area contributed by atoms with Crippen molar-refractivity contribution >= 4 is 29.1 Å². The second kappa shape index (κ2) is 6.02. The van der Waals surface area contributed by atoms with E-state index < -0.39 is 10.9 Å². The van der Waals surface area contributed by atoms with Crippen LogP contribution >= 0.6 is 11.3 Å². The molecule has 2 heterocycles. The van der Waals surface area contributed by atoms with Crippen molar-refractivity contribution in [1.82, 2.24) is 9.97 Å². The third-order valence-corrected chi connectivity index (χ3v) is 3.28. The minimum Gasteiger partial charge on any atom is -0.466 e. The van der Waals surface area contributed by atoms with Crippen LogP contribution in [0.25, 0.3) is 16.6 Å². The molecule has 7 nitrogen and oxygen atoms in total. The molecule has 0 saturated carbocycles. The zero-order valence-electron chi connectivity index (χ0n) is 10.3. The molecule has 0 atom stereocenters. The summed E-state index contributed by atoms with van der Waals surface area (Å²) in [5.41, 5.74) is 0.523. The normalized spacial score (nSPS) is 10.7. The Morgan fingerprint density at radius 2 is 2.20 bits per heavy atom. The molecule has 2 aromatic rings. The third-order valence-electron chi connectivity index (χ3n) is 2.30. The average Bonchev–Trinajstić information content (AvgIpc) is 2.93. The lowest BCUT2D eigenvalue weighted by molar-refractivity contribution is -0.385. The summed E-state index contributed by atoms with van der Waals surface area (Å²) in [6, 6.07) is 2.94. The van der Waals surface area contributed by atoms with Gasteiger partial charge in [-0.2, -0.15) is 0 Å². The Bertz CT molecular complexity index is 664. The van der Waals surface area contributed by atoms with Gasteiger partial charge in [0.2, 0.25) is 0 Å². The number of thiazole rings is 1. The molecule has 2 rings (SSSR count). The summed E-state index contributed by atoms with van der Waals surface area (Å²) in [7, 11) is 1.29. The number of aromatic nitrogens is 2. The molecular formula is C12H9N3O4S. The molecule has 0 aromatic carbocycles. The summed E-state index contributed by atoms with van der Waals surface area (Å²) in [6.45, 7) is 0. The number of esters is 1. The number of pyridine rings is 1. The molecule has 0 unspecified atom stereocenters. The Morgan fingerprint density at radius 3 is 2.80 bits per heavy atom. The first kappa shape index (κ1) is 13.8. The largest absolute Gasteiger partial charge is 0.466 e. The number of carbonyl (C=O) groups excluding carboxylic acids is 1. The van der Waals surface area contributed by atoms with Crippen LogP contribution in [-0.4, -0.2) is 28.0 Å². The maximum Gasteiger partial charge on any atom is 0.330 e. The van der Waals surface area contributed by atoms with Gasteiger partial charge in [-0.15, -0.1) is 11.3 Å². The van der Waals surface area contributed by atoms with Gasteiger partial charge in [0.15, 0.2) is 0 Å². The van der Waals surface area contributed by atoms with E-state index in [0.29, 0.717) is 10.7 Å². The van der Waals surface area contributed by atoms with Crippen molar-refractivity contribution in [2.24, 2.45) is 0 Å². The predicted octanol–water partition coefficient (Wildman–Crippen LogP) is 2.30. The molecule has 2 aromatic heterocycles. The predicted molar refractivity (Wildman–Crippen MR) is 73.0 cm³/mol. The van der Waals surface area contributed by atoms with Gasteiger partial charge in [-0.05, 0) is 12.1 Å². The van der Waals surface area contributed by atoms with Crippen LogP contribution in [0.5, 0.6) is 0 Å². The maximum absolute atomic E-state index is 11.0. The van der Waals surface area contributed by atoms with Gasteiger partial charge in [-0.1, -0.05) is 0 Å². The Hall–Kier alpha value is -2.61. The molecule has 20 heavy (non-hydrogen) atoms. The van der Waals surface area contributed by atoms with Crippen LogP contribution in [-0.2, 0) is 9.53 Å². The van der Waals surface area contributed by atoms with E-state index in [9.17, 15) is 14.9 Å². The minimum atomic E-state index is -0.506. The number of hydrogen-bond donors (Lipinski definition) is 0. The molecule has 102 valence electrons. The van der Waals surface area contributed by atoms with Crippen LogP contribution in [0.15, 0.2) is 30.6 Å². The second-order valence-electron chi connectivity index (χ2n) is 3.58. The summed E-state index contributed by atoms with van der Waals surface area (Å²) < 4.78 is 4.47. The number of nitro groups is 1. The maximum atomic E-state index is 11.0. The highest BCUT2D eigenvalue weighted by molar-refractivity contribution is 7.15. The molecule has 0 N–H and O–H groups in total. The van der Waals surface area contributed by atoms with Gasteiger partial charge < -0.3 is 4.74 Å². The van der Waals surface area contributed by atoms with Gasteiger partial charge in [0.25, 0.3) is 5.69 Å². The fraction of sp³-hybridized carbons (Fsp3) is 0.0833. The Labute approximate surface area is 117 Å². The van der Waals surface area contributed by atoms with Crippen molar-refractivity contribution < 1.29 is 14.5 Å². The summed E-state index contributed by atoms with van der Waals surface area (Å²) in [5.74, 6) is -0.463. The molecular weight excluding hydrogens is 282 g/mol. The van der Waals surface area contributed by atoms with Gasteiger partial charge in [0.1, 0.15) is 11.2 Å².